The van der Waals surface area contributed by atoms with E-state index in [2.05, 4.69) is 30.8 Å². The molecule has 4 rings (SSSR count). The van der Waals surface area contributed by atoms with Crippen molar-refractivity contribution in [2.45, 2.75) is 26.4 Å². The molecule has 0 aliphatic heterocycles. The number of pyridine rings is 1. The normalized spacial score (nSPS) is 10.9. The molecule has 0 aliphatic carbocycles. The van der Waals surface area contributed by atoms with Gasteiger partial charge in [0.05, 0.1) is 23.3 Å². The van der Waals surface area contributed by atoms with E-state index in [9.17, 15) is 4.79 Å². The molecule has 4 aromatic rings. The lowest BCUT2D eigenvalue weighted by atomic mass is 10.3. The highest BCUT2D eigenvalue weighted by Gasteiger charge is 2.18. The fourth-order valence-corrected chi connectivity index (χ4v) is 2.93. The van der Waals surface area contributed by atoms with E-state index in [1.54, 1.807) is 29.8 Å². The quantitative estimate of drug-likeness (QED) is 0.430. The molecule has 0 aliphatic rings. The number of unbranched alkanes of at least 4 members (excludes halogenated alkanes) is 1. The lowest BCUT2D eigenvalue weighted by molar-refractivity contribution is 0.159. The number of carbonyl (C=O) groups is 1. The van der Waals surface area contributed by atoms with Crippen molar-refractivity contribution in [3.63, 3.8) is 0 Å². The SMILES string of the molecule is CCCCOC(=O)Nc1cccc(COc2nc3ccccc3n2-c2nnnn2C)n1. The maximum absolute atomic E-state index is 11.8. The van der Waals surface area contributed by atoms with Crippen LogP contribution in [-0.4, -0.2) is 47.4 Å². The van der Waals surface area contributed by atoms with Gasteiger partial charge in [-0.05, 0) is 41.1 Å². The van der Waals surface area contributed by atoms with E-state index < -0.39 is 6.09 Å². The molecule has 0 radical (unpaired) electrons. The number of anilines is 1. The molecule has 160 valence electrons. The first kappa shape index (κ1) is 20.3. The van der Waals surface area contributed by atoms with Crippen LogP contribution < -0.4 is 10.1 Å². The number of fused-ring (bicyclic) bond motifs is 1. The Morgan fingerprint density at radius 1 is 1.13 bits per heavy atom. The van der Waals surface area contributed by atoms with Gasteiger partial charge in [-0.3, -0.25) is 5.32 Å². The van der Waals surface area contributed by atoms with Crippen LogP contribution in [0.4, 0.5) is 10.6 Å². The third kappa shape index (κ3) is 4.60. The summed E-state index contributed by atoms with van der Waals surface area (Å²) < 4.78 is 14.3. The fourth-order valence-electron chi connectivity index (χ4n) is 2.93. The molecule has 1 amide bonds. The van der Waals surface area contributed by atoms with Crippen molar-refractivity contribution < 1.29 is 14.3 Å². The number of nitrogens with one attached hydrogen (secondary N) is 1. The minimum atomic E-state index is -0.532. The number of nitrogens with zero attached hydrogens (tertiary/aromatic N) is 7. The summed E-state index contributed by atoms with van der Waals surface area (Å²) in [6.45, 7) is 2.54. The summed E-state index contributed by atoms with van der Waals surface area (Å²) >= 11 is 0. The lowest BCUT2D eigenvalue weighted by Gasteiger charge is -2.09. The summed E-state index contributed by atoms with van der Waals surface area (Å²) in [7, 11) is 1.74. The van der Waals surface area contributed by atoms with Crippen LogP contribution in [0, 0.1) is 0 Å². The van der Waals surface area contributed by atoms with Gasteiger partial charge in [0, 0.05) is 7.05 Å². The van der Waals surface area contributed by atoms with Gasteiger partial charge >= 0.3 is 12.1 Å². The van der Waals surface area contributed by atoms with Crippen LogP contribution >= 0.6 is 0 Å². The number of benzene rings is 1. The van der Waals surface area contributed by atoms with E-state index in [1.165, 1.54) is 4.68 Å². The van der Waals surface area contributed by atoms with Gasteiger partial charge in [-0.2, -0.15) is 4.98 Å². The number of aromatic nitrogens is 7. The number of hydrogen-bond acceptors (Lipinski definition) is 8. The summed E-state index contributed by atoms with van der Waals surface area (Å²) in [4.78, 5) is 20.8. The molecule has 11 heteroatoms. The highest BCUT2D eigenvalue weighted by Crippen LogP contribution is 2.25. The third-order valence-electron chi connectivity index (χ3n) is 4.44. The average molecular weight is 422 g/mol. The highest BCUT2D eigenvalue weighted by atomic mass is 16.5. The van der Waals surface area contributed by atoms with E-state index in [0.29, 0.717) is 30.1 Å². The van der Waals surface area contributed by atoms with Gasteiger partial charge in [0.25, 0.3) is 5.95 Å². The number of amides is 1. The Kier molecular flexibility index (Phi) is 6.01. The Bertz CT molecular complexity index is 1190. The van der Waals surface area contributed by atoms with E-state index in [-0.39, 0.29) is 6.61 Å². The standard InChI is InChI=1S/C20H22N8O3/c1-3-4-12-30-20(29)23-17-11-7-8-14(21-17)13-31-19-22-15-9-5-6-10-16(15)28(19)18-24-25-26-27(18)2/h5-11H,3-4,12-13H2,1-2H3,(H,21,23,29). The van der Waals surface area contributed by atoms with Gasteiger partial charge in [-0.15, -0.1) is 0 Å². The van der Waals surface area contributed by atoms with Crippen molar-refractivity contribution in [3.05, 3.63) is 48.2 Å². The number of carbonyl (C=O) groups excluding carboxylic acids is 1. The lowest BCUT2D eigenvalue weighted by Crippen LogP contribution is -2.16. The molecule has 11 nitrogen and oxygen atoms in total. The summed E-state index contributed by atoms with van der Waals surface area (Å²) in [6, 6.07) is 13.2. The predicted molar refractivity (Wildman–Crippen MR) is 112 cm³/mol. The Morgan fingerprint density at radius 2 is 2.00 bits per heavy atom. The van der Waals surface area contributed by atoms with Crippen LogP contribution in [0.15, 0.2) is 42.5 Å². The molecule has 0 fully saturated rings. The second-order valence-electron chi connectivity index (χ2n) is 6.74. The molecule has 31 heavy (non-hydrogen) atoms. The van der Waals surface area contributed by atoms with Crippen LogP contribution in [0.5, 0.6) is 6.01 Å². The van der Waals surface area contributed by atoms with Crippen molar-refractivity contribution in [2.24, 2.45) is 7.05 Å². The van der Waals surface area contributed by atoms with Crippen molar-refractivity contribution in [1.82, 2.24) is 34.7 Å². The van der Waals surface area contributed by atoms with Crippen LogP contribution in [0.1, 0.15) is 25.5 Å². The second kappa shape index (κ2) is 9.20. The van der Waals surface area contributed by atoms with E-state index in [4.69, 9.17) is 9.47 Å². The molecule has 1 N–H and O–H groups in total. The molecule has 3 aromatic heterocycles. The van der Waals surface area contributed by atoms with Gasteiger partial charge in [-0.25, -0.2) is 19.0 Å². The first-order chi connectivity index (χ1) is 15.2. The molecular weight excluding hydrogens is 400 g/mol. The van der Waals surface area contributed by atoms with Gasteiger partial charge in [0.1, 0.15) is 12.4 Å². The highest BCUT2D eigenvalue weighted by molar-refractivity contribution is 5.83. The Hall–Kier alpha value is -4.02. The molecule has 0 atom stereocenters. The summed E-state index contributed by atoms with van der Waals surface area (Å²) in [5.41, 5.74) is 2.17. The topological polar surface area (TPSA) is 122 Å². The van der Waals surface area contributed by atoms with Crippen molar-refractivity contribution >= 4 is 22.9 Å². The smallest absolute Gasteiger partial charge is 0.412 e. The van der Waals surface area contributed by atoms with Crippen LogP contribution in [0.25, 0.3) is 17.0 Å². The van der Waals surface area contributed by atoms with Crippen molar-refractivity contribution in [1.29, 1.82) is 0 Å². The number of rotatable bonds is 8. The number of hydrogen-bond donors (Lipinski definition) is 1. The number of imidazole rings is 1. The number of para-hydroxylation sites is 2. The van der Waals surface area contributed by atoms with Crippen molar-refractivity contribution in [3.8, 4) is 12.0 Å². The molecule has 0 saturated carbocycles. The Labute approximate surface area is 178 Å². The summed E-state index contributed by atoms with van der Waals surface area (Å²) in [6.07, 6.45) is 1.24. The summed E-state index contributed by atoms with van der Waals surface area (Å²) in [5.74, 6) is 0.857. The first-order valence-corrected chi connectivity index (χ1v) is 9.88. The van der Waals surface area contributed by atoms with Crippen LogP contribution in [0.2, 0.25) is 0 Å². The largest absolute Gasteiger partial charge is 0.458 e. The molecule has 1 aromatic carbocycles. The van der Waals surface area contributed by atoms with Gasteiger partial charge < -0.3 is 9.47 Å². The van der Waals surface area contributed by atoms with Crippen molar-refractivity contribution in [2.75, 3.05) is 11.9 Å². The minimum absolute atomic E-state index is 0.134. The number of ether oxygens (including phenoxy) is 2. The Morgan fingerprint density at radius 3 is 2.81 bits per heavy atom. The van der Waals surface area contributed by atoms with Gasteiger partial charge in [-0.1, -0.05) is 36.6 Å². The van der Waals surface area contributed by atoms with Gasteiger partial charge in [0.2, 0.25) is 0 Å². The Balaban J connectivity index is 1.51. The van der Waals surface area contributed by atoms with E-state index >= 15 is 0 Å². The zero-order chi connectivity index (χ0) is 21.6. The molecule has 3 heterocycles. The minimum Gasteiger partial charge on any atom is -0.458 e. The van der Waals surface area contributed by atoms with Gasteiger partial charge in [0.15, 0.2) is 0 Å². The predicted octanol–water partition coefficient (Wildman–Crippen LogP) is 2.87. The van der Waals surface area contributed by atoms with Crippen LogP contribution in [-0.2, 0) is 18.4 Å². The molecule has 0 saturated heterocycles. The average Bonchev–Trinajstić information content (AvgIpc) is 3.35. The summed E-state index contributed by atoms with van der Waals surface area (Å²) in [5, 5.41) is 14.3. The molecular formula is C20H22N8O3. The zero-order valence-corrected chi connectivity index (χ0v) is 17.2. The van der Waals surface area contributed by atoms with E-state index in [0.717, 1.165) is 23.9 Å². The molecule has 0 unspecified atom stereocenters. The maximum Gasteiger partial charge on any atom is 0.412 e. The maximum atomic E-state index is 11.8. The van der Waals surface area contributed by atoms with E-state index in [1.807, 2.05) is 31.2 Å². The third-order valence-corrected chi connectivity index (χ3v) is 4.44. The van der Waals surface area contributed by atoms with Crippen LogP contribution in [0.3, 0.4) is 0 Å². The number of aryl methyl sites for hydroxylation is 1. The first-order valence-electron chi connectivity index (χ1n) is 9.88. The second-order valence-corrected chi connectivity index (χ2v) is 6.74. The number of tetrazole rings is 1. The molecule has 0 bridgehead atoms. The molecule has 0 spiro atoms. The fraction of sp³-hybridized carbons (Fsp3) is 0.300. The zero-order valence-electron chi connectivity index (χ0n) is 17.2. The monoisotopic (exact) mass is 422 g/mol.